The van der Waals surface area contributed by atoms with Crippen molar-refractivity contribution in [2.45, 2.75) is 11.6 Å². The molecule has 2 aromatic rings. The fourth-order valence-corrected chi connectivity index (χ4v) is 3.01. The molecule has 112 valence electrons. The van der Waals surface area contributed by atoms with Crippen molar-refractivity contribution < 1.29 is 13.2 Å². The summed E-state index contributed by atoms with van der Waals surface area (Å²) in [7, 11) is 0. The summed E-state index contributed by atoms with van der Waals surface area (Å²) in [5.74, 6) is -1.70. The third-order valence-electron chi connectivity index (χ3n) is 4.00. The van der Waals surface area contributed by atoms with Crippen molar-refractivity contribution in [3.05, 3.63) is 84.1 Å². The lowest BCUT2D eigenvalue weighted by Crippen LogP contribution is -2.45. The van der Waals surface area contributed by atoms with Gasteiger partial charge in [-0.3, -0.25) is 4.99 Å². The molecule has 1 aliphatic rings. The number of hydrogen-bond acceptors (Lipinski definition) is 1. The molecule has 0 aromatic heterocycles. The Hall–Kier alpha value is -2.36. The number of alkyl halides is 3. The molecule has 3 rings (SSSR count). The van der Waals surface area contributed by atoms with E-state index in [1.165, 1.54) is 6.20 Å². The predicted octanol–water partition coefficient (Wildman–Crippen LogP) is 4.75. The van der Waals surface area contributed by atoms with E-state index in [1.54, 1.807) is 66.7 Å². The zero-order valence-electron chi connectivity index (χ0n) is 11.7. The molecule has 1 nitrogen and oxygen atoms in total. The summed E-state index contributed by atoms with van der Waals surface area (Å²) in [6, 6.07) is 17.5. The van der Waals surface area contributed by atoms with E-state index in [9.17, 15) is 13.2 Å². The van der Waals surface area contributed by atoms with E-state index < -0.39 is 17.5 Å². The van der Waals surface area contributed by atoms with Crippen molar-refractivity contribution in [3.63, 3.8) is 0 Å². The van der Waals surface area contributed by atoms with Crippen LogP contribution in [0.25, 0.3) is 0 Å². The molecule has 1 unspecified atom stereocenters. The smallest absolute Gasteiger partial charge is 0.269 e. The van der Waals surface area contributed by atoms with Crippen molar-refractivity contribution in [1.29, 1.82) is 0 Å². The fourth-order valence-electron chi connectivity index (χ4n) is 3.01. The SMILES string of the molecule is FC(F)(F)C1C=NC=CC1(c1ccccc1)c1ccccc1. The van der Waals surface area contributed by atoms with Gasteiger partial charge in [-0.2, -0.15) is 13.2 Å². The molecule has 1 heterocycles. The van der Waals surface area contributed by atoms with Crippen LogP contribution in [0.15, 0.2) is 77.9 Å². The third-order valence-corrected chi connectivity index (χ3v) is 4.00. The first kappa shape index (κ1) is 14.6. The van der Waals surface area contributed by atoms with Crippen LogP contribution in [0.3, 0.4) is 0 Å². The van der Waals surface area contributed by atoms with E-state index >= 15 is 0 Å². The second-order valence-corrected chi connectivity index (χ2v) is 5.23. The van der Waals surface area contributed by atoms with Crippen LogP contribution in [0.4, 0.5) is 13.2 Å². The second kappa shape index (κ2) is 5.44. The van der Waals surface area contributed by atoms with Crippen LogP contribution in [-0.4, -0.2) is 12.4 Å². The van der Waals surface area contributed by atoms with Gasteiger partial charge < -0.3 is 0 Å². The van der Waals surface area contributed by atoms with Gasteiger partial charge in [-0.25, -0.2) is 0 Å². The Morgan fingerprint density at radius 2 is 1.32 bits per heavy atom. The van der Waals surface area contributed by atoms with Crippen LogP contribution in [-0.2, 0) is 5.41 Å². The number of nitrogens with zero attached hydrogens (tertiary/aromatic N) is 1. The Morgan fingerprint density at radius 1 is 0.818 bits per heavy atom. The summed E-state index contributed by atoms with van der Waals surface area (Å²) in [6.07, 6.45) is -0.391. The molecule has 0 fully saturated rings. The van der Waals surface area contributed by atoms with Gasteiger partial charge in [0.05, 0.1) is 5.41 Å². The number of allylic oxidation sites excluding steroid dienone is 1. The molecule has 0 N–H and O–H groups in total. The third kappa shape index (κ3) is 2.34. The number of halogens is 3. The average Bonchev–Trinajstić information content (AvgIpc) is 2.55. The average molecular weight is 301 g/mol. The zero-order valence-corrected chi connectivity index (χ0v) is 11.7. The van der Waals surface area contributed by atoms with E-state index in [4.69, 9.17) is 0 Å². The number of rotatable bonds is 2. The number of hydrogen-bond donors (Lipinski definition) is 0. The summed E-state index contributed by atoms with van der Waals surface area (Å²) < 4.78 is 41.0. The van der Waals surface area contributed by atoms with Gasteiger partial charge in [0.25, 0.3) is 0 Å². The van der Waals surface area contributed by atoms with Crippen molar-refractivity contribution in [1.82, 2.24) is 0 Å². The topological polar surface area (TPSA) is 12.4 Å². The zero-order chi connectivity index (χ0) is 15.6. The van der Waals surface area contributed by atoms with Gasteiger partial charge in [0.1, 0.15) is 5.92 Å². The minimum atomic E-state index is -4.39. The predicted molar refractivity (Wildman–Crippen MR) is 80.8 cm³/mol. The van der Waals surface area contributed by atoms with Crippen molar-refractivity contribution in [2.75, 3.05) is 0 Å². The van der Waals surface area contributed by atoms with Gasteiger partial charge in [0.2, 0.25) is 0 Å². The van der Waals surface area contributed by atoms with Crippen LogP contribution < -0.4 is 0 Å². The molecule has 0 radical (unpaired) electrons. The number of aliphatic imine (C=N–C) groups is 1. The molecule has 4 heteroatoms. The van der Waals surface area contributed by atoms with Gasteiger partial charge in [-0.15, -0.1) is 0 Å². The van der Waals surface area contributed by atoms with Crippen molar-refractivity contribution >= 4 is 6.21 Å². The van der Waals surface area contributed by atoms with E-state index in [1.807, 2.05) is 0 Å². The summed E-state index contributed by atoms with van der Waals surface area (Å²) in [4.78, 5) is 3.75. The molecule has 1 atom stereocenters. The maximum absolute atomic E-state index is 13.7. The lowest BCUT2D eigenvalue weighted by atomic mass is 9.65. The summed E-state index contributed by atoms with van der Waals surface area (Å²) in [5.41, 5.74) is -0.0837. The molecular formula is C18H14F3N. The normalized spacial score (nSPS) is 20.0. The van der Waals surface area contributed by atoms with Crippen LogP contribution in [0.1, 0.15) is 11.1 Å². The molecule has 0 saturated heterocycles. The minimum absolute atomic E-state index is 0.603. The lowest BCUT2D eigenvalue weighted by molar-refractivity contribution is -0.163. The quantitative estimate of drug-likeness (QED) is 0.759. The van der Waals surface area contributed by atoms with Crippen LogP contribution in [0.2, 0.25) is 0 Å². The monoisotopic (exact) mass is 301 g/mol. The Kier molecular flexibility index (Phi) is 3.61. The van der Waals surface area contributed by atoms with Gasteiger partial charge >= 0.3 is 6.18 Å². The standard InChI is InChI=1S/C18H14F3N/c19-18(20,21)16-13-22-12-11-17(16,14-7-3-1-4-8-14)15-9-5-2-6-10-15/h1-13,16H. The maximum atomic E-state index is 13.7. The Morgan fingerprint density at radius 3 is 1.77 bits per heavy atom. The van der Waals surface area contributed by atoms with E-state index in [-0.39, 0.29) is 0 Å². The molecule has 22 heavy (non-hydrogen) atoms. The lowest BCUT2D eigenvalue weighted by Gasteiger charge is -2.40. The van der Waals surface area contributed by atoms with Gasteiger partial charge in [-0.05, 0) is 11.1 Å². The summed E-state index contributed by atoms with van der Waals surface area (Å²) in [5, 5.41) is 0. The molecule has 1 aliphatic heterocycles. The Bertz CT molecular complexity index is 648. The number of benzene rings is 2. The second-order valence-electron chi connectivity index (χ2n) is 5.23. The molecule has 0 amide bonds. The Balaban J connectivity index is 2.28. The summed E-state index contributed by atoms with van der Waals surface area (Å²) in [6.45, 7) is 0. The largest absolute Gasteiger partial charge is 0.398 e. The maximum Gasteiger partial charge on any atom is 0.398 e. The van der Waals surface area contributed by atoms with Crippen LogP contribution in [0.5, 0.6) is 0 Å². The summed E-state index contributed by atoms with van der Waals surface area (Å²) >= 11 is 0. The molecule has 0 spiro atoms. The Labute approximate surface area is 126 Å². The first-order valence-corrected chi connectivity index (χ1v) is 6.94. The van der Waals surface area contributed by atoms with Crippen molar-refractivity contribution in [3.8, 4) is 0 Å². The van der Waals surface area contributed by atoms with Crippen LogP contribution >= 0.6 is 0 Å². The van der Waals surface area contributed by atoms with Crippen molar-refractivity contribution in [2.24, 2.45) is 10.9 Å². The van der Waals surface area contributed by atoms with E-state index in [0.29, 0.717) is 11.1 Å². The highest BCUT2D eigenvalue weighted by Gasteiger charge is 2.54. The van der Waals surface area contributed by atoms with Crippen LogP contribution in [0, 0.1) is 5.92 Å². The van der Waals surface area contributed by atoms with Gasteiger partial charge in [0.15, 0.2) is 0 Å². The van der Waals surface area contributed by atoms with Gasteiger partial charge in [-0.1, -0.05) is 66.7 Å². The van der Waals surface area contributed by atoms with E-state index in [2.05, 4.69) is 4.99 Å². The molecule has 0 saturated carbocycles. The molecular weight excluding hydrogens is 287 g/mol. The highest BCUT2D eigenvalue weighted by molar-refractivity contribution is 5.71. The van der Waals surface area contributed by atoms with E-state index in [0.717, 1.165) is 6.21 Å². The molecule has 0 aliphatic carbocycles. The van der Waals surface area contributed by atoms with Gasteiger partial charge in [0, 0.05) is 12.4 Å². The molecule has 0 bridgehead atoms. The first-order chi connectivity index (χ1) is 10.5. The molecule has 2 aromatic carbocycles. The highest BCUT2D eigenvalue weighted by atomic mass is 19.4. The highest BCUT2D eigenvalue weighted by Crippen LogP contribution is 2.48. The minimum Gasteiger partial charge on any atom is -0.269 e. The first-order valence-electron chi connectivity index (χ1n) is 6.94. The fraction of sp³-hybridized carbons (Fsp3) is 0.167.